The molecule has 43 heavy (non-hydrogen) atoms. The predicted octanol–water partition coefficient (Wildman–Crippen LogP) is 3.41. The molecule has 4 heterocycles. The molecule has 12 nitrogen and oxygen atoms in total. The summed E-state index contributed by atoms with van der Waals surface area (Å²) >= 11 is 0. The van der Waals surface area contributed by atoms with Crippen molar-refractivity contribution in [1.82, 2.24) is 34.5 Å². The molecule has 0 spiro atoms. The van der Waals surface area contributed by atoms with Gasteiger partial charge in [0.25, 0.3) is 5.91 Å². The number of hydrogen-bond donors (Lipinski definition) is 2. The number of rotatable bonds is 8. The van der Waals surface area contributed by atoms with Gasteiger partial charge in [0.2, 0.25) is 5.91 Å². The highest BCUT2D eigenvalue weighted by Crippen LogP contribution is 2.34. The minimum Gasteiger partial charge on any atom is -0.383 e. The van der Waals surface area contributed by atoms with Gasteiger partial charge in [-0.05, 0) is 57.0 Å². The number of nitrogens with two attached hydrogens (primary N) is 1. The van der Waals surface area contributed by atoms with E-state index in [0.717, 1.165) is 24.9 Å². The van der Waals surface area contributed by atoms with Crippen LogP contribution in [0.4, 0.5) is 11.6 Å². The lowest BCUT2D eigenvalue weighted by atomic mass is 10.1. The number of amides is 2. The molecular formula is C31H32N10O2. The maximum atomic E-state index is 13.0. The molecule has 1 aliphatic heterocycles. The highest BCUT2D eigenvalue weighted by Gasteiger charge is 2.29. The Hall–Kier alpha value is -5.15. The largest absolute Gasteiger partial charge is 0.383 e. The number of likely N-dealkylation sites (N-methyl/N-ethyl adjacent to an activating group) is 1. The molecule has 1 saturated heterocycles. The van der Waals surface area contributed by atoms with E-state index in [1.54, 1.807) is 36.4 Å². The van der Waals surface area contributed by atoms with Crippen LogP contribution in [0.15, 0.2) is 61.1 Å². The second-order valence-corrected chi connectivity index (χ2v) is 11.0. The predicted molar refractivity (Wildman–Crippen MR) is 162 cm³/mol. The van der Waals surface area contributed by atoms with E-state index < -0.39 is 0 Å². The number of carbonyl (C=O) groups excluding carboxylic acids is 2. The third kappa shape index (κ3) is 6.07. The molecule has 0 bridgehead atoms. The fourth-order valence-electron chi connectivity index (χ4n) is 5.43. The van der Waals surface area contributed by atoms with Crippen LogP contribution in [0.5, 0.6) is 0 Å². The summed E-state index contributed by atoms with van der Waals surface area (Å²) in [4.78, 5) is 42.8. The number of likely N-dealkylation sites (tertiary alicyclic amines) is 1. The van der Waals surface area contributed by atoms with Gasteiger partial charge >= 0.3 is 0 Å². The van der Waals surface area contributed by atoms with Crippen LogP contribution >= 0.6 is 0 Å². The second-order valence-electron chi connectivity index (χ2n) is 11.0. The number of benzene rings is 1. The number of anilines is 2. The van der Waals surface area contributed by atoms with Gasteiger partial charge in [-0.2, -0.15) is 10.4 Å². The summed E-state index contributed by atoms with van der Waals surface area (Å²) < 4.78 is 1.86. The van der Waals surface area contributed by atoms with Gasteiger partial charge in [0.1, 0.15) is 23.7 Å². The van der Waals surface area contributed by atoms with Crippen molar-refractivity contribution in [2.45, 2.75) is 37.8 Å². The van der Waals surface area contributed by atoms with Crippen molar-refractivity contribution >= 4 is 34.5 Å². The number of fused-ring (bicyclic) bond motifs is 1. The molecule has 1 atom stereocenters. The van der Waals surface area contributed by atoms with Gasteiger partial charge in [0.05, 0.1) is 23.1 Å². The molecule has 218 valence electrons. The van der Waals surface area contributed by atoms with E-state index in [0.29, 0.717) is 58.6 Å². The van der Waals surface area contributed by atoms with Gasteiger partial charge in [0, 0.05) is 49.1 Å². The van der Waals surface area contributed by atoms with Crippen LogP contribution in [0.2, 0.25) is 0 Å². The van der Waals surface area contributed by atoms with Crippen LogP contribution in [-0.2, 0) is 4.79 Å². The van der Waals surface area contributed by atoms with Crippen molar-refractivity contribution < 1.29 is 9.59 Å². The van der Waals surface area contributed by atoms with Crippen molar-refractivity contribution in [3.05, 3.63) is 72.2 Å². The molecule has 3 N–H and O–H groups in total. The number of nitrogens with zero attached hydrogens (tertiary/aromatic N) is 8. The zero-order valence-corrected chi connectivity index (χ0v) is 23.8. The highest BCUT2D eigenvalue weighted by molar-refractivity contribution is 6.04. The number of nitrogens with one attached hydrogen (secondary N) is 1. The van der Waals surface area contributed by atoms with Crippen molar-refractivity contribution in [2.75, 3.05) is 37.7 Å². The maximum absolute atomic E-state index is 13.0. The molecule has 2 aliphatic rings. The van der Waals surface area contributed by atoms with Crippen molar-refractivity contribution in [1.29, 1.82) is 5.26 Å². The van der Waals surface area contributed by atoms with Gasteiger partial charge < -0.3 is 16.0 Å². The number of pyridine rings is 1. The summed E-state index contributed by atoms with van der Waals surface area (Å²) in [6, 6.07) is 12.7. The van der Waals surface area contributed by atoms with E-state index in [-0.39, 0.29) is 17.9 Å². The number of hydrogen-bond acceptors (Lipinski definition) is 9. The lowest BCUT2D eigenvalue weighted by Crippen LogP contribution is -2.40. The lowest BCUT2D eigenvalue weighted by molar-refractivity contribution is -0.127. The Morgan fingerprint density at radius 2 is 1.98 bits per heavy atom. The quantitative estimate of drug-likeness (QED) is 0.300. The normalized spacial score (nSPS) is 17.0. The minimum atomic E-state index is -0.354. The first kappa shape index (κ1) is 28.0. The zero-order chi connectivity index (χ0) is 29.9. The van der Waals surface area contributed by atoms with E-state index >= 15 is 0 Å². The van der Waals surface area contributed by atoms with Crippen LogP contribution in [-0.4, -0.2) is 79.1 Å². The van der Waals surface area contributed by atoms with Crippen LogP contribution < -0.4 is 11.1 Å². The Kier molecular flexibility index (Phi) is 7.81. The molecule has 2 fully saturated rings. The molecule has 1 saturated carbocycles. The summed E-state index contributed by atoms with van der Waals surface area (Å²) in [5.41, 5.74) is 9.11. The number of piperidine rings is 1. The van der Waals surface area contributed by atoms with Crippen molar-refractivity contribution in [3.8, 4) is 17.3 Å². The first-order chi connectivity index (χ1) is 20.9. The van der Waals surface area contributed by atoms with Gasteiger partial charge in [-0.15, -0.1) is 0 Å². The molecule has 6 rings (SSSR count). The highest BCUT2D eigenvalue weighted by atomic mass is 16.2. The zero-order valence-electron chi connectivity index (χ0n) is 23.8. The SMILES string of the molecule is CN(CC=CC(=O)N1CCCC(n2nc(-c3ccc(C(=O)Nc4cc(C#N)ccn4)cc3)c3c(N)ncnc32)C1)C1CC1. The molecule has 12 heteroatoms. The Labute approximate surface area is 248 Å². The molecule has 1 unspecified atom stereocenters. The summed E-state index contributed by atoms with van der Waals surface area (Å²) in [5.74, 6) is 0.252. The Morgan fingerprint density at radius 3 is 2.74 bits per heavy atom. The summed E-state index contributed by atoms with van der Waals surface area (Å²) in [5, 5.41) is 17.4. The van der Waals surface area contributed by atoms with Crippen LogP contribution in [0.3, 0.4) is 0 Å². The fraction of sp³-hybridized carbons (Fsp3) is 0.323. The Morgan fingerprint density at radius 1 is 1.16 bits per heavy atom. The van der Waals surface area contributed by atoms with Crippen molar-refractivity contribution in [3.63, 3.8) is 0 Å². The summed E-state index contributed by atoms with van der Waals surface area (Å²) in [7, 11) is 2.09. The first-order valence-electron chi connectivity index (χ1n) is 14.3. The molecule has 3 aromatic heterocycles. The lowest BCUT2D eigenvalue weighted by Gasteiger charge is -2.32. The topological polar surface area (TPSA) is 159 Å². The molecule has 1 aliphatic carbocycles. The number of carbonyl (C=O) groups is 2. The van der Waals surface area contributed by atoms with Crippen LogP contribution in [0.1, 0.15) is 47.6 Å². The molecule has 0 radical (unpaired) electrons. The number of nitrogen functional groups attached to an aromatic ring is 1. The molecule has 4 aromatic rings. The van der Waals surface area contributed by atoms with Gasteiger partial charge in [-0.1, -0.05) is 18.2 Å². The van der Waals surface area contributed by atoms with E-state index in [9.17, 15) is 9.59 Å². The average molecular weight is 577 g/mol. The van der Waals surface area contributed by atoms with E-state index in [1.807, 2.05) is 21.7 Å². The van der Waals surface area contributed by atoms with E-state index in [2.05, 4.69) is 32.2 Å². The van der Waals surface area contributed by atoms with Gasteiger partial charge in [-0.25, -0.2) is 19.6 Å². The first-order valence-corrected chi connectivity index (χ1v) is 14.3. The standard InChI is InChI=1S/C31H32N10O2/c1-39(23-10-11-23)14-3-5-26(42)40-15-2-4-24(18-40)41-30-27(29(33)35-19-36-30)28(38-41)21-6-8-22(9-7-21)31(43)37-25-16-20(17-32)12-13-34-25/h3,5-9,12-13,16,19,23-24H,2,4,10-11,14-15,18H2,1H3,(H2,33,35,36)(H,34,37,43). The van der Waals surface area contributed by atoms with Crippen LogP contribution in [0.25, 0.3) is 22.3 Å². The van der Waals surface area contributed by atoms with Crippen molar-refractivity contribution in [2.24, 2.45) is 0 Å². The third-order valence-corrected chi connectivity index (χ3v) is 7.95. The fourth-order valence-corrected chi connectivity index (χ4v) is 5.43. The Bertz CT molecular complexity index is 1740. The Balaban J connectivity index is 1.21. The number of aromatic nitrogens is 5. The number of nitriles is 1. The monoisotopic (exact) mass is 576 g/mol. The molecular weight excluding hydrogens is 544 g/mol. The van der Waals surface area contributed by atoms with E-state index in [1.165, 1.54) is 31.4 Å². The molecule has 2 amide bonds. The van der Waals surface area contributed by atoms with E-state index in [4.69, 9.17) is 16.1 Å². The summed E-state index contributed by atoms with van der Waals surface area (Å²) in [6.07, 6.45) is 10.7. The molecule has 1 aromatic carbocycles. The van der Waals surface area contributed by atoms with Gasteiger partial charge in [0.15, 0.2) is 5.65 Å². The summed E-state index contributed by atoms with van der Waals surface area (Å²) in [6.45, 7) is 1.98. The second kappa shape index (κ2) is 12.0. The smallest absolute Gasteiger partial charge is 0.256 e. The van der Waals surface area contributed by atoms with Gasteiger partial charge in [-0.3, -0.25) is 14.5 Å². The van der Waals surface area contributed by atoms with Crippen LogP contribution in [0, 0.1) is 11.3 Å². The average Bonchev–Trinajstić information content (AvgIpc) is 3.81. The minimum absolute atomic E-state index is 0.00291. The third-order valence-electron chi connectivity index (χ3n) is 7.95. The maximum Gasteiger partial charge on any atom is 0.256 e.